The number of halogens is 3. The van der Waals surface area contributed by atoms with Crippen molar-refractivity contribution in [1.82, 2.24) is 4.90 Å². The van der Waals surface area contributed by atoms with Gasteiger partial charge in [0.2, 0.25) is 0 Å². The molecule has 1 heterocycles. The lowest BCUT2D eigenvalue weighted by molar-refractivity contribution is -0.137. The molecule has 8 heteroatoms. The van der Waals surface area contributed by atoms with E-state index in [1.54, 1.807) is 39.8 Å². The van der Waals surface area contributed by atoms with Crippen LogP contribution in [-0.2, 0) is 4.74 Å². The van der Waals surface area contributed by atoms with Crippen molar-refractivity contribution in [1.29, 1.82) is 5.26 Å². The Morgan fingerprint density at radius 1 is 1.42 bits per heavy atom. The van der Waals surface area contributed by atoms with Gasteiger partial charge in [-0.25, -0.2) is 13.6 Å². The van der Waals surface area contributed by atoms with Crippen LogP contribution in [0.2, 0.25) is 0 Å². The van der Waals surface area contributed by atoms with Gasteiger partial charge in [0.05, 0.1) is 12.1 Å². The van der Waals surface area contributed by atoms with E-state index in [9.17, 15) is 18.8 Å². The highest BCUT2D eigenvalue weighted by Crippen LogP contribution is 2.34. The molecule has 0 bridgehead atoms. The van der Waals surface area contributed by atoms with Gasteiger partial charge < -0.3 is 14.4 Å². The largest absolute Gasteiger partial charge is 0.483 e. The van der Waals surface area contributed by atoms with Gasteiger partial charge in [0, 0.05) is 17.4 Å². The predicted octanol–water partition coefficient (Wildman–Crippen LogP) is 4.65. The Balaban J connectivity index is 2.14. The van der Waals surface area contributed by atoms with Gasteiger partial charge in [0.15, 0.2) is 6.10 Å². The topological polar surface area (TPSA) is 62.6 Å². The summed E-state index contributed by atoms with van der Waals surface area (Å²) in [6.07, 6.45) is -2.26. The lowest BCUT2D eigenvalue weighted by Crippen LogP contribution is -2.56. The molecule has 1 saturated heterocycles. The molecule has 0 aliphatic carbocycles. The highest BCUT2D eigenvalue weighted by Gasteiger charge is 2.48. The van der Waals surface area contributed by atoms with Gasteiger partial charge in [-0.05, 0) is 45.4 Å². The molecule has 1 aromatic rings. The molecule has 1 fully saturated rings. The number of carbonyl (C=O) groups is 1. The van der Waals surface area contributed by atoms with Crippen molar-refractivity contribution in [2.45, 2.75) is 51.7 Å². The molecule has 26 heavy (non-hydrogen) atoms. The smallest absolute Gasteiger partial charge is 0.410 e. The number of alkyl halides is 2. The van der Waals surface area contributed by atoms with E-state index in [4.69, 9.17) is 9.47 Å². The maximum atomic E-state index is 14.5. The highest BCUT2D eigenvalue weighted by molar-refractivity contribution is 9.10. The number of nitriles is 1. The maximum Gasteiger partial charge on any atom is 0.410 e. The van der Waals surface area contributed by atoms with Crippen LogP contribution in [0.5, 0.6) is 5.75 Å². The van der Waals surface area contributed by atoms with E-state index >= 15 is 0 Å². The Morgan fingerprint density at radius 2 is 2.08 bits per heavy atom. The van der Waals surface area contributed by atoms with Crippen LogP contribution >= 0.6 is 15.9 Å². The summed E-state index contributed by atoms with van der Waals surface area (Å²) in [5, 5.41) is 9.21. The molecular weight excluding hydrogens is 410 g/mol. The summed E-state index contributed by atoms with van der Waals surface area (Å²) in [6, 6.07) is 5.04. The van der Waals surface area contributed by atoms with Crippen molar-refractivity contribution in [2.75, 3.05) is 13.1 Å². The van der Waals surface area contributed by atoms with Gasteiger partial charge in [0.1, 0.15) is 17.4 Å². The monoisotopic (exact) mass is 430 g/mol. The van der Waals surface area contributed by atoms with E-state index in [0.29, 0.717) is 4.47 Å². The number of amides is 1. The Labute approximate surface area is 160 Å². The Hall–Kier alpha value is -1.88. The molecule has 2 rings (SSSR count). The SMILES string of the molecule is Cc1cc(OC2CCN(C(=O)OC(C)(C)C)CC2(F)F)c(C#N)cc1Br. The lowest BCUT2D eigenvalue weighted by Gasteiger charge is -2.38. The van der Waals surface area contributed by atoms with Crippen LogP contribution in [0.25, 0.3) is 0 Å². The Bertz CT molecular complexity index is 741. The summed E-state index contributed by atoms with van der Waals surface area (Å²) in [6.45, 7) is 6.12. The van der Waals surface area contributed by atoms with Crippen LogP contribution in [0, 0.1) is 18.3 Å². The van der Waals surface area contributed by atoms with Crippen LogP contribution < -0.4 is 4.74 Å². The standard InChI is InChI=1S/C18H21BrF2N2O3/c1-11-7-14(12(9-22)8-13(11)19)25-15-5-6-23(10-18(15,20)21)16(24)26-17(2,3)4/h7-8,15H,5-6,10H2,1-4H3. The molecule has 5 nitrogen and oxygen atoms in total. The molecule has 1 unspecified atom stereocenters. The number of benzene rings is 1. The molecule has 1 aliphatic heterocycles. The highest BCUT2D eigenvalue weighted by atomic mass is 79.9. The summed E-state index contributed by atoms with van der Waals surface area (Å²) in [5.41, 5.74) is 0.192. The van der Waals surface area contributed by atoms with Crippen molar-refractivity contribution in [3.8, 4) is 11.8 Å². The third-order valence-electron chi connectivity index (χ3n) is 3.84. The molecule has 1 atom stereocenters. The van der Waals surface area contributed by atoms with Crippen LogP contribution in [-0.4, -0.2) is 41.7 Å². The fraction of sp³-hybridized carbons (Fsp3) is 0.556. The first kappa shape index (κ1) is 20.4. The van der Waals surface area contributed by atoms with E-state index in [1.165, 1.54) is 0 Å². The van der Waals surface area contributed by atoms with E-state index in [-0.39, 0.29) is 24.3 Å². The maximum absolute atomic E-state index is 14.5. The summed E-state index contributed by atoms with van der Waals surface area (Å²) in [5.74, 6) is -3.15. The fourth-order valence-corrected chi connectivity index (χ4v) is 2.88. The molecule has 1 amide bonds. The fourth-order valence-electron chi connectivity index (χ4n) is 2.54. The van der Waals surface area contributed by atoms with Crippen molar-refractivity contribution < 1.29 is 23.0 Å². The molecule has 0 radical (unpaired) electrons. The number of carbonyl (C=O) groups excluding carboxylic acids is 1. The number of nitrogens with zero attached hydrogens (tertiary/aromatic N) is 2. The van der Waals surface area contributed by atoms with E-state index in [2.05, 4.69) is 15.9 Å². The summed E-state index contributed by atoms with van der Waals surface area (Å²) < 4.78 is 40.4. The minimum absolute atomic E-state index is 0.0633. The van der Waals surface area contributed by atoms with Gasteiger partial charge in [-0.3, -0.25) is 0 Å². The molecule has 1 aromatic carbocycles. The average molecular weight is 431 g/mol. The number of rotatable bonds is 2. The normalized spacial score (nSPS) is 19.6. The lowest BCUT2D eigenvalue weighted by atomic mass is 10.0. The number of hydrogen-bond acceptors (Lipinski definition) is 4. The van der Waals surface area contributed by atoms with E-state index in [0.717, 1.165) is 10.5 Å². The Kier molecular flexibility index (Phi) is 5.81. The van der Waals surface area contributed by atoms with Crippen LogP contribution in [0.15, 0.2) is 16.6 Å². The van der Waals surface area contributed by atoms with E-state index in [1.807, 2.05) is 6.07 Å². The first-order valence-electron chi connectivity index (χ1n) is 8.15. The van der Waals surface area contributed by atoms with Crippen molar-refractivity contribution in [3.05, 3.63) is 27.7 Å². The first-order chi connectivity index (χ1) is 11.9. The second kappa shape index (κ2) is 7.39. The van der Waals surface area contributed by atoms with E-state index < -0.39 is 30.3 Å². The van der Waals surface area contributed by atoms with Crippen molar-refractivity contribution in [3.63, 3.8) is 0 Å². The molecule has 0 saturated carbocycles. The zero-order valence-corrected chi connectivity index (χ0v) is 16.7. The zero-order chi connectivity index (χ0) is 19.7. The minimum Gasteiger partial charge on any atom is -0.483 e. The molecule has 0 N–H and O–H groups in total. The molecule has 142 valence electrons. The quantitative estimate of drug-likeness (QED) is 0.684. The van der Waals surface area contributed by atoms with Crippen LogP contribution in [0.1, 0.15) is 38.3 Å². The summed E-state index contributed by atoms with van der Waals surface area (Å²) in [7, 11) is 0. The first-order valence-corrected chi connectivity index (χ1v) is 8.95. The van der Waals surface area contributed by atoms with Gasteiger partial charge >= 0.3 is 12.0 Å². The Morgan fingerprint density at radius 3 is 2.62 bits per heavy atom. The van der Waals surface area contributed by atoms with Gasteiger partial charge in [-0.1, -0.05) is 15.9 Å². The molecule has 1 aliphatic rings. The second-order valence-electron chi connectivity index (χ2n) is 7.27. The summed E-state index contributed by atoms with van der Waals surface area (Å²) >= 11 is 3.30. The van der Waals surface area contributed by atoms with Crippen LogP contribution in [0.4, 0.5) is 13.6 Å². The molecule has 0 spiro atoms. The molecular formula is C18H21BrF2N2O3. The van der Waals surface area contributed by atoms with Crippen molar-refractivity contribution in [2.24, 2.45) is 0 Å². The number of piperidine rings is 1. The third-order valence-corrected chi connectivity index (χ3v) is 4.69. The van der Waals surface area contributed by atoms with Crippen molar-refractivity contribution >= 4 is 22.0 Å². The summed E-state index contributed by atoms with van der Waals surface area (Å²) in [4.78, 5) is 13.0. The van der Waals surface area contributed by atoms with Crippen LogP contribution in [0.3, 0.4) is 0 Å². The number of ether oxygens (including phenoxy) is 2. The number of hydrogen-bond donors (Lipinski definition) is 0. The predicted molar refractivity (Wildman–Crippen MR) is 95.4 cm³/mol. The average Bonchev–Trinajstić information content (AvgIpc) is 2.50. The van der Waals surface area contributed by atoms with Gasteiger partial charge in [-0.2, -0.15) is 5.26 Å². The minimum atomic E-state index is -3.26. The second-order valence-corrected chi connectivity index (χ2v) is 8.12. The number of likely N-dealkylation sites (tertiary alicyclic amines) is 1. The van der Waals surface area contributed by atoms with Gasteiger partial charge in [-0.15, -0.1) is 0 Å². The third kappa shape index (κ3) is 4.85. The molecule has 0 aromatic heterocycles. The number of aryl methyl sites for hydroxylation is 1. The zero-order valence-electron chi connectivity index (χ0n) is 15.1. The van der Waals surface area contributed by atoms with Gasteiger partial charge in [0.25, 0.3) is 0 Å².